The lowest BCUT2D eigenvalue weighted by Crippen LogP contribution is -2.20. The highest BCUT2D eigenvalue weighted by Crippen LogP contribution is 2.39. The van der Waals surface area contributed by atoms with Crippen LogP contribution in [0.25, 0.3) is 55.8 Å². The van der Waals surface area contributed by atoms with Gasteiger partial charge < -0.3 is 21.3 Å². The summed E-state index contributed by atoms with van der Waals surface area (Å²) in [6.07, 6.45) is 12.2. The third-order valence-electron chi connectivity index (χ3n) is 22.0. The minimum atomic E-state index is -0.231. The molecule has 9 aromatic carbocycles. The third-order valence-corrected chi connectivity index (χ3v) is 22.0. The number of aryl methyl sites for hydroxylation is 10. The van der Waals surface area contributed by atoms with E-state index in [1.54, 1.807) is 48.5 Å². The van der Waals surface area contributed by atoms with Crippen LogP contribution in [0, 0.1) is 46.9 Å². The molecule has 4 aliphatic carbocycles. The number of benzene rings is 9. The van der Waals surface area contributed by atoms with Gasteiger partial charge in [0.25, 0.3) is 0 Å². The molecule has 4 heterocycles. The maximum absolute atomic E-state index is 13.7. The van der Waals surface area contributed by atoms with E-state index in [-0.39, 0.29) is 53.3 Å². The molecule has 17 rings (SSSR count). The van der Waals surface area contributed by atoms with Gasteiger partial charge in [-0.2, -0.15) is 0 Å². The van der Waals surface area contributed by atoms with Crippen LogP contribution in [0.5, 0.6) is 0 Å². The monoisotopic (exact) mass is 1650 g/mol. The van der Waals surface area contributed by atoms with Crippen molar-refractivity contribution in [2.24, 2.45) is 23.7 Å². The average Bonchev–Trinajstić information content (AvgIpc) is 0.785. The number of hydrogen-bond donors (Lipinski definition) is 4. The van der Waals surface area contributed by atoms with Gasteiger partial charge in [0.15, 0.2) is 23.3 Å². The Morgan fingerprint density at radius 3 is 0.943 bits per heavy atom. The number of anilines is 4. The lowest BCUT2D eigenvalue weighted by Gasteiger charge is -2.21. The summed E-state index contributed by atoms with van der Waals surface area (Å²) < 4.78 is 54.6. The number of aromatic nitrogens is 8. The molecule has 0 fully saturated rings. The van der Waals surface area contributed by atoms with Crippen molar-refractivity contribution >= 4 is 57.7 Å². The number of fused-ring (bicyclic) bond motifs is 13. The molecule has 0 radical (unpaired) electrons. The van der Waals surface area contributed by atoms with Crippen LogP contribution in [0.3, 0.4) is 0 Å². The molecule has 4 N–H and O–H groups in total. The summed E-state index contributed by atoms with van der Waals surface area (Å²) in [4.78, 5) is 89.6. The topological polar surface area (TPSA) is 220 Å². The molecule has 628 valence electrons. The van der Waals surface area contributed by atoms with Gasteiger partial charge in [-0.25, -0.2) is 57.4 Å². The maximum atomic E-state index is 13.7. The average molecular weight is 1650 g/mol. The Balaban J connectivity index is 0.000000134. The number of hydrogen-bond acceptors (Lipinski definition) is 12. The van der Waals surface area contributed by atoms with Crippen LogP contribution in [-0.2, 0) is 122 Å². The molecule has 4 aromatic heterocycles. The number of carbonyl (C=O) groups excluding carboxylic acids is 4. The molecule has 0 spiro atoms. The Morgan fingerprint density at radius 1 is 0.293 bits per heavy atom. The zero-order chi connectivity index (χ0) is 86.2. The van der Waals surface area contributed by atoms with Gasteiger partial charge in [0, 0.05) is 35.1 Å². The Hall–Kier alpha value is -12.8. The summed E-state index contributed by atoms with van der Waals surface area (Å²) in [5, 5.41) is 14.3. The van der Waals surface area contributed by atoms with E-state index in [9.17, 15) is 36.7 Å². The maximum Gasteiger partial charge on any atom is 0.229 e. The fraction of sp³-hybridized carbons (Fsp3) is 0.301. The quantitative estimate of drug-likeness (QED) is 0.0440. The van der Waals surface area contributed by atoms with E-state index in [1.807, 2.05) is 103 Å². The zero-order valence-corrected chi connectivity index (χ0v) is 71.1. The van der Waals surface area contributed by atoms with E-state index >= 15 is 0 Å². The van der Waals surface area contributed by atoms with E-state index in [0.29, 0.717) is 124 Å². The van der Waals surface area contributed by atoms with Gasteiger partial charge in [-0.05, 0) is 248 Å². The summed E-state index contributed by atoms with van der Waals surface area (Å²) in [7, 11) is 0. The molecule has 0 bridgehead atoms. The number of halogens is 4. The highest BCUT2D eigenvalue weighted by atomic mass is 19.1. The molecule has 123 heavy (non-hydrogen) atoms. The van der Waals surface area contributed by atoms with Gasteiger partial charge in [-0.1, -0.05) is 189 Å². The second-order valence-corrected chi connectivity index (χ2v) is 33.9. The van der Waals surface area contributed by atoms with Crippen molar-refractivity contribution in [2.45, 2.75) is 177 Å². The summed E-state index contributed by atoms with van der Waals surface area (Å²) >= 11 is 0. The van der Waals surface area contributed by atoms with Crippen molar-refractivity contribution < 1.29 is 36.7 Å². The number of nitrogens with one attached hydrogen (secondary N) is 4. The molecule has 0 atom stereocenters. The molecule has 0 saturated heterocycles. The first kappa shape index (κ1) is 86.5. The van der Waals surface area contributed by atoms with Gasteiger partial charge in [0.05, 0.1) is 81.2 Å². The summed E-state index contributed by atoms with van der Waals surface area (Å²) in [5.41, 5.74) is 21.7. The van der Waals surface area contributed by atoms with E-state index in [4.69, 9.17) is 39.9 Å². The molecule has 13 aromatic rings. The van der Waals surface area contributed by atoms with Gasteiger partial charge in [0.1, 0.15) is 23.3 Å². The Morgan fingerprint density at radius 2 is 0.593 bits per heavy atom. The van der Waals surface area contributed by atoms with Crippen molar-refractivity contribution in [1.82, 2.24) is 39.9 Å². The minimum absolute atomic E-state index is 0.0338. The highest BCUT2D eigenvalue weighted by molar-refractivity contribution is 5.95. The van der Waals surface area contributed by atoms with Gasteiger partial charge >= 0.3 is 0 Å². The molecular formula is C103H104F4N12O4. The molecular weight excluding hydrogens is 1550 g/mol. The van der Waals surface area contributed by atoms with Gasteiger partial charge in [-0.15, -0.1) is 0 Å². The summed E-state index contributed by atoms with van der Waals surface area (Å²) in [6.45, 7) is 16.9. The lowest BCUT2D eigenvalue weighted by atomic mass is 9.91. The molecule has 0 aliphatic heterocycles. The van der Waals surface area contributed by atoms with E-state index < -0.39 is 0 Å². The molecule has 4 aliphatic rings. The second kappa shape index (κ2) is 40.2. The summed E-state index contributed by atoms with van der Waals surface area (Å²) in [6, 6.07) is 63.4. The van der Waals surface area contributed by atoms with E-state index in [1.165, 1.54) is 29.8 Å². The smallest absolute Gasteiger partial charge is 0.229 e. The van der Waals surface area contributed by atoms with Crippen LogP contribution in [0.2, 0.25) is 0 Å². The van der Waals surface area contributed by atoms with Crippen LogP contribution in [-0.4, -0.2) is 63.5 Å². The number of nitrogens with zero attached hydrogens (tertiary/aromatic N) is 8. The van der Waals surface area contributed by atoms with Crippen LogP contribution < -0.4 is 21.3 Å². The Kier molecular flexibility index (Phi) is 28.3. The van der Waals surface area contributed by atoms with Gasteiger partial charge in [-0.3, -0.25) is 19.2 Å². The molecule has 4 amide bonds. The number of amides is 4. The highest BCUT2D eigenvalue weighted by Gasteiger charge is 2.29. The van der Waals surface area contributed by atoms with Crippen LogP contribution in [0.15, 0.2) is 206 Å². The standard InChI is InChI=1S/C28H26FN3O.C26H28FN3O.C25H26FN3O.C24H24FN3O/c1-17(2)13-25-28(31-24-12-9-21-16-22(29)10-11-23(21)27(24)30-25)32-26(33)15-18-7-8-19-5-3-4-6-20(19)14-18;1-17(2)15-23-26(30-24(31)10-6-9-18-7-4-3-5-8-18)29-22-14-11-19-16-20(27)12-13-21(19)25(22)28-23;1-16(2)14-22-25(29-23(30)13-8-17-6-4-3-5-7-17)28-21-12-9-18-15-19(26)10-11-20(18)24(21)27-22;1-15(2)12-21-24(28-22(29)13-16-6-4-3-5-7-16)27-20-11-8-17-14-18(25)9-10-19(17)23(20)26-21/h3-8,10-11,14,16-17H,9,12-13,15H2,1-2H3,(H,31,32,33);3-5,7-8,12-13,16-17H,6,9-11,14-15H2,1-2H3,(H,29,30,31);3-7,10-11,15-16H,8-9,12-14H2,1-2H3,(H,28,29,30);3-7,9-10,14-15H,8,11-13H2,1-2H3,(H,27,28,29). The first-order valence-corrected chi connectivity index (χ1v) is 43.0. The van der Waals surface area contributed by atoms with Crippen LogP contribution in [0.1, 0.15) is 165 Å². The second-order valence-electron chi connectivity index (χ2n) is 33.9. The lowest BCUT2D eigenvalue weighted by molar-refractivity contribution is -0.117. The Bertz CT molecular complexity index is 6000. The Labute approximate surface area is 717 Å². The van der Waals surface area contributed by atoms with E-state index in [2.05, 4.69) is 107 Å². The molecule has 0 saturated carbocycles. The first-order valence-electron chi connectivity index (χ1n) is 43.0. The van der Waals surface area contributed by atoms with Crippen molar-refractivity contribution in [3.8, 4) is 45.0 Å². The van der Waals surface area contributed by atoms with Crippen LogP contribution >= 0.6 is 0 Å². The van der Waals surface area contributed by atoms with Crippen molar-refractivity contribution in [3.05, 3.63) is 320 Å². The fourth-order valence-electron chi connectivity index (χ4n) is 16.2. The van der Waals surface area contributed by atoms with E-state index in [0.717, 1.165) is 179 Å². The normalized spacial score (nSPS) is 12.4. The number of carbonyl (C=O) groups is 4. The molecule has 16 nitrogen and oxygen atoms in total. The third kappa shape index (κ3) is 22.9. The predicted octanol–water partition coefficient (Wildman–Crippen LogP) is 21.4. The fourth-order valence-corrected chi connectivity index (χ4v) is 16.2. The molecule has 20 heteroatoms. The first-order chi connectivity index (χ1) is 59.4. The van der Waals surface area contributed by atoms with Gasteiger partial charge in [0.2, 0.25) is 23.6 Å². The summed E-state index contributed by atoms with van der Waals surface area (Å²) in [5.74, 6) is 2.46. The van der Waals surface area contributed by atoms with Crippen molar-refractivity contribution in [3.63, 3.8) is 0 Å². The van der Waals surface area contributed by atoms with Crippen molar-refractivity contribution in [1.29, 1.82) is 0 Å². The zero-order valence-electron chi connectivity index (χ0n) is 71.1. The predicted molar refractivity (Wildman–Crippen MR) is 480 cm³/mol. The minimum Gasteiger partial charge on any atom is -0.309 e. The number of rotatable bonds is 23. The SMILES string of the molecule is CC(C)Cc1nc2c(nc1NC(=O)CCCc1ccccc1)CCc1cc(F)ccc1-2.CC(C)Cc1nc2c(nc1NC(=O)CCc1ccccc1)CCc1cc(F)ccc1-2.CC(C)Cc1nc2c(nc1NC(=O)Cc1ccc3ccccc3c1)CCc1cc(F)ccc1-2.CC(C)Cc1nc2c(nc1NC(=O)Cc1ccccc1)CCc1cc(F)ccc1-2. The van der Waals surface area contributed by atoms with Crippen LogP contribution in [0.4, 0.5) is 40.8 Å². The molecule has 0 unspecified atom stereocenters. The largest absolute Gasteiger partial charge is 0.309 e. The van der Waals surface area contributed by atoms with Crippen molar-refractivity contribution in [2.75, 3.05) is 21.3 Å².